The molecule has 0 aromatic heterocycles. The lowest BCUT2D eigenvalue weighted by atomic mass is 10.1. The highest BCUT2D eigenvalue weighted by atomic mass is 35.5. The lowest BCUT2D eigenvalue weighted by Gasteiger charge is -2.12. The summed E-state index contributed by atoms with van der Waals surface area (Å²) in [4.78, 5) is 22.7. The molecule has 2 amide bonds. The van der Waals surface area contributed by atoms with Crippen LogP contribution >= 0.6 is 11.6 Å². The number of aromatic carboxylic acids is 1. The summed E-state index contributed by atoms with van der Waals surface area (Å²) in [5.74, 6) is -1.11. The fourth-order valence-electron chi connectivity index (χ4n) is 1.66. The van der Waals surface area contributed by atoms with Crippen molar-refractivity contribution in [1.29, 1.82) is 0 Å². The molecule has 1 aliphatic carbocycles. The number of amides is 2. The third-order valence-corrected chi connectivity index (χ3v) is 3.47. The Bertz CT molecular complexity index is 527. The third kappa shape index (κ3) is 3.61. The van der Waals surface area contributed by atoms with Gasteiger partial charge >= 0.3 is 12.0 Å². The number of carbonyl (C=O) groups is 2. The topological polar surface area (TPSA) is 78.4 Å². The van der Waals surface area contributed by atoms with Crippen LogP contribution < -0.4 is 10.6 Å². The Hall–Kier alpha value is -1.75. The second-order valence-corrected chi connectivity index (χ2v) is 5.55. The monoisotopic (exact) mass is 282 g/mol. The average molecular weight is 283 g/mol. The lowest BCUT2D eigenvalue weighted by molar-refractivity contribution is 0.0698. The Morgan fingerprint density at radius 2 is 2.11 bits per heavy atom. The van der Waals surface area contributed by atoms with Gasteiger partial charge in [0.05, 0.1) is 11.3 Å². The second-order valence-electron chi connectivity index (χ2n) is 5.11. The van der Waals surface area contributed by atoms with Crippen molar-refractivity contribution in [2.75, 3.05) is 11.9 Å². The summed E-state index contributed by atoms with van der Waals surface area (Å²) in [5.41, 5.74) is 0.400. The number of hydrogen-bond donors (Lipinski definition) is 3. The Labute approximate surface area is 116 Å². The third-order valence-electron chi connectivity index (χ3n) is 3.24. The summed E-state index contributed by atoms with van der Waals surface area (Å²) < 4.78 is 0. The predicted molar refractivity (Wildman–Crippen MR) is 72.8 cm³/mol. The van der Waals surface area contributed by atoms with Crippen LogP contribution in [0.5, 0.6) is 0 Å². The number of carboxylic acid groups (broad SMARTS) is 1. The van der Waals surface area contributed by atoms with E-state index in [0.29, 0.717) is 11.6 Å². The normalized spacial score (nSPS) is 15.7. The number of anilines is 1. The molecular weight excluding hydrogens is 268 g/mol. The van der Waals surface area contributed by atoms with Gasteiger partial charge in [-0.15, -0.1) is 0 Å². The molecule has 1 aromatic rings. The molecule has 0 aliphatic heterocycles. The highest BCUT2D eigenvalue weighted by molar-refractivity contribution is 6.31. The van der Waals surface area contributed by atoms with Crippen molar-refractivity contribution in [1.82, 2.24) is 5.32 Å². The van der Waals surface area contributed by atoms with Crippen molar-refractivity contribution < 1.29 is 14.7 Å². The van der Waals surface area contributed by atoms with Gasteiger partial charge in [0.1, 0.15) is 0 Å². The molecule has 102 valence electrons. The molecule has 3 N–H and O–H groups in total. The van der Waals surface area contributed by atoms with Crippen molar-refractivity contribution in [3.05, 3.63) is 28.8 Å². The van der Waals surface area contributed by atoms with E-state index in [4.69, 9.17) is 16.7 Å². The molecular formula is C13H15ClN2O3. The van der Waals surface area contributed by atoms with E-state index in [9.17, 15) is 9.59 Å². The van der Waals surface area contributed by atoms with E-state index in [0.717, 1.165) is 12.8 Å². The van der Waals surface area contributed by atoms with Crippen LogP contribution in [-0.2, 0) is 0 Å². The van der Waals surface area contributed by atoms with Crippen LogP contribution in [0, 0.1) is 5.41 Å². The molecule has 19 heavy (non-hydrogen) atoms. The van der Waals surface area contributed by atoms with Gasteiger partial charge in [-0.25, -0.2) is 9.59 Å². The summed E-state index contributed by atoms with van der Waals surface area (Å²) >= 11 is 5.80. The summed E-state index contributed by atoms with van der Waals surface area (Å²) in [5, 5.41) is 14.6. The molecule has 1 aromatic carbocycles. The fraction of sp³-hybridized carbons (Fsp3) is 0.385. The molecule has 0 radical (unpaired) electrons. The SMILES string of the molecule is CC1(CNC(=O)Nc2cc(Cl)ccc2C(=O)O)CC1. The van der Waals surface area contributed by atoms with Gasteiger partial charge in [-0.05, 0) is 36.5 Å². The minimum absolute atomic E-state index is 0.0113. The number of halogens is 1. The molecule has 0 bridgehead atoms. The molecule has 2 rings (SSSR count). The van der Waals surface area contributed by atoms with E-state index in [1.807, 2.05) is 0 Å². The Morgan fingerprint density at radius 1 is 1.42 bits per heavy atom. The van der Waals surface area contributed by atoms with Gasteiger partial charge in [0, 0.05) is 11.6 Å². The van der Waals surface area contributed by atoms with Crippen LogP contribution in [0.15, 0.2) is 18.2 Å². The van der Waals surface area contributed by atoms with Crippen LogP contribution in [0.4, 0.5) is 10.5 Å². The first-order valence-electron chi connectivity index (χ1n) is 5.97. The quantitative estimate of drug-likeness (QED) is 0.794. The van der Waals surface area contributed by atoms with E-state index in [1.54, 1.807) is 0 Å². The number of carboxylic acids is 1. The maximum Gasteiger partial charge on any atom is 0.337 e. The number of urea groups is 1. The summed E-state index contributed by atoms with van der Waals surface area (Å²) in [6.07, 6.45) is 2.20. The lowest BCUT2D eigenvalue weighted by Crippen LogP contribution is -2.33. The summed E-state index contributed by atoms with van der Waals surface area (Å²) in [6.45, 7) is 2.68. The number of hydrogen-bond acceptors (Lipinski definition) is 2. The van der Waals surface area contributed by atoms with Gasteiger partial charge in [0.25, 0.3) is 0 Å². The predicted octanol–water partition coefficient (Wildman–Crippen LogP) is 2.96. The van der Waals surface area contributed by atoms with E-state index < -0.39 is 12.0 Å². The van der Waals surface area contributed by atoms with Crippen molar-refractivity contribution in [3.8, 4) is 0 Å². The van der Waals surface area contributed by atoms with E-state index in [-0.39, 0.29) is 16.7 Å². The zero-order chi connectivity index (χ0) is 14.0. The molecule has 0 unspecified atom stereocenters. The second kappa shape index (κ2) is 5.09. The van der Waals surface area contributed by atoms with Crippen molar-refractivity contribution in [3.63, 3.8) is 0 Å². The molecule has 1 fully saturated rings. The van der Waals surface area contributed by atoms with Gasteiger partial charge in [-0.3, -0.25) is 0 Å². The van der Waals surface area contributed by atoms with Gasteiger partial charge in [0.2, 0.25) is 0 Å². The minimum Gasteiger partial charge on any atom is -0.478 e. The van der Waals surface area contributed by atoms with Crippen LogP contribution in [0.1, 0.15) is 30.1 Å². The minimum atomic E-state index is -1.11. The van der Waals surface area contributed by atoms with E-state index >= 15 is 0 Å². The Balaban J connectivity index is 2.02. The maximum atomic E-state index is 11.7. The van der Waals surface area contributed by atoms with Gasteiger partial charge in [-0.2, -0.15) is 0 Å². The zero-order valence-electron chi connectivity index (χ0n) is 10.5. The van der Waals surface area contributed by atoms with Crippen LogP contribution in [0.3, 0.4) is 0 Å². The van der Waals surface area contributed by atoms with Gasteiger partial charge < -0.3 is 15.7 Å². The molecule has 1 saturated carbocycles. The summed E-state index contributed by atoms with van der Waals surface area (Å²) in [6, 6.07) is 3.84. The first-order valence-corrected chi connectivity index (χ1v) is 6.35. The molecule has 0 heterocycles. The Morgan fingerprint density at radius 3 is 2.68 bits per heavy atom. The highest BCUT2D eigenvalue weighted by Gasteiger charge is 2.37. The zero-order valence-corrected chi connectivity index (χ0v) is 11.3. The molecule has 1 aliphatic rings. The first kappa shape index (κ1) is 13.7. The van der Waals surface area contributed by atoms with Crippen LogP contribution in [-0.4, -0.2) is 23.7 Å². The van der Waals surface area contributed by atoms with Crippen LogP contribution in [0.2, 0.25) is 5.02 Å². The first-order chi connectivity index (χ1) is 8.89. The molecule has 5 nitrogen and oxygen atoms in total. The fourth-order valence-corrected chi connectivity index (χ4v) is 1.83. The van der Waals surface area contributed by atoms with Gasteiger partial charge in [-0.1, -0.05) is 18.5 Å². The largest absolute Gasteiger partial charge is 0.478 e. The summed E-state index contributed by atoms with van der Waals surface area (Å²) in [7, 11) is 0. The van der Waals surface area contributed by atoms with Crippen molar-refractivity contribution in [2.24, 2.45) is 5.41 Å². The molecule has 0 spiro atoms. The number of nitrogens with one attached hydrogen (secondary N) is 2. The van der Waals surface area contributed by atoms with Crippen LogP contribution in [0.25, 0.3) is 0 Å². The molecule has 6 heteroatoms. The van der Waals surface area contributed by atoms with Crippen molar-refractivity contribution >= 4 is 29.3 Å². The van der Waals surface area contributed by atoms with E-state index in [1.165, 1.54) is 18.2 Å². The number of carbonyl (C=O) groups excluding carboxylic acids is 1. The smallest absolute Gasteiger partial charge is 0.337 e. The standard InChI is InChI=1S/C13H15ClN2O3/c1-13(4-5-13)7-15-12(19)16-10-6-8(14)2-3-9(10)11(17)18/h2-3,6H,4-5,7H2,1H3,(H,17,18)(H2,15,16,19). The maximum absolute atomic E-state index is 11.7. The number of benzene rings is 1. The average Bonchev–Trinajstić information content (AvgIpc) is 3.05. The number of rotatable bonds is 4. The van der Waals surface area contributed by atoms with Crippen molar-refractivity contribution in [2.45, 2.75) is 19.8 Å². The Kier molecular flexibility index (Phi) is 3.66. The van der Waals surface area contributed by atoms with Gasteiger partial charge in [0.15, 0.2) is 0 Å². The molecule has 0 saturated heterocycles. The van der Waals surface area contributed by atoms with E-state index in [2.05, 4.69) is 17.6 Å². The highest BCUT2D eigenvalue weighted by Crippen LogP contribution is 2.44. The molecule has 0 atom stereocenters.